The van der Waals surface area contributed by atoms with E-state index in [2.05, 4.69) is 19.9 Å². The molecule has 0 aromatic carbocycles. The van der Waals surface area contributed by atoms with E-state index in [0.717, 1.165) is 36.4 Å². The lowest BCUT2D eigenvalue weighted by Gasteiger charge is -2.59. The molecule has 6 heteroatoms. The van der Waals surface area contributed by atoms with Crippen LogP contribution in [0.4, 0.5) is 0 Å². The van der Waals surface area contributed by atoms with Gasteiger partial charge >= 0.3 is 11.9 Å². The van der Waals surface area contributed by atoms with Gasteiger partial charge in [0.25, 0.3) is 0 Å². The van der Waals surface area contributed by atoms with Gasteiger partial charge in [-0.1, -0.05) is 13.8 Å². The van der Waals surface area contributed by atoms with Gasteiger partial charge in [0.1, 0.15) is 0 Å². The summed E-state index contributed by atoms with van der Waals surface area (Å²) in [6.45, 7) is 5.39. The lowest BCUT2D eigenvalue weighted by molar-refractivity contribution is -0.159. The van der Waals surface area contributed by atoms with Gasteiger partial charge in [-0.3, -0.25) is 9.59 Å². The molecule has 192 valence electrons. The summed E-state index contributed by atoms with van der Waals surface area (Å²) in [6.07, 6.45) is 13.6. The SMILES string of the molecule is COCOC1=CC2CC[C@H]3[C@@H]4CC[C@H](CCC(C(=O)OC)C(=O)OC)[C@@]4(C)CC[C@@H]3[C@@]2(C)CC1. The number of hydrogen-bond donors (Lipinski definition) is 0. The first-order chi connectivity index (χ1) is 16.3. The van der Waals surface area contributed by atoms with E-state index < -0.39 is 17.9 Å². The van der Waals surface area contributed by atoms with Crippen LogP contribution in [0.15, 0.2) is 11.8 Å². The van der Waals surface area contributed by atoms with Gasteiger partial charge in [-0.15, -0.1) is 0 Å². The van der Waals surface area contributed by atoms with Crippen LogP contribution in [0.5, 0.6) is 0 Å². The summed E-state index contributed by atoms with van der Waals surface area (Å²) in [5.74, 6) is 2.86. The molecule has 4 rings (SSSR count). The minimum absolute atomic E-state index is 0.304. The summed E-state index contributed by atoms with van der Waals surface area (Å²) in [5.41, 5.74) is 0.668. The average molecular weight is 477 g/mol. The van der Waals surface area contributed by atoms with Crippen LogP contribution in [0.1, 0.15) is 78.1 Å². The van der Waals surface area contributed by atoms with E-state index in [-0.39, 0.29) is 0 Å². The molecule has 34 heavy (non-hydrogen) atoms. The van der Waals surface area contributed by atoms with E-state index in [4.69, 9.17) is 18.9 Å². The van der Waals surface area contributed by atoms with Gasteiger partial charge in [0.15, 0.2) is 12.7 Å². The standard InChI is InChI=1S/C28H44O6/c1-27-15-13-24-21(9-7-19-16-20(34-17-31-3)12-14-28(19,24)2)23(27)11-8-18(27)6-10-22(25(29)32-4)26(30)33-5/h16,18-19,21-24H,6-15,17H2,1-5H3/t18-,19?,21-,23-,24-,27+,28-/m0/s1. The molecule has 0 spiro atoms. The number of fused-ring (bicyclic) bond motifs is 5. The normalized spacial score (nSPS) is 38.9. The number of ether oxygens (including phenoxy) is 4. The van der Waals surface area contributed by atoms with Crippen molar-refractivity contribution in [2.24, 2.45) is 46.3 Å². The fraction of sp³-hybridized carbons (Fsp3) is 0.857. The molecule has 0 N–H and O–H groups in total. The molecule has 0 aromatic heterocycles. The Labute approximate surface area is 205 Å². The highest BCUT2D eigenvalue weighted by molar-refractivity contribution is 5.94. The Balaban J connectivity index is 1.44. The van der Waals surface area contributed by atoms with Crippen molar-refractivity contribution in [2.75, 3.05) is 28.1 Å². The van der Waals surface area contributed by atoms with E-state index in [1.807, 2.05) is 0 Å². The van der Waals surface area contributed by atoms with Gasteiger partial charge in [-0.2, -0.15) is 0 Å². The Morgan fingerprint density at radius 2 is 1.65 bits per heavy atom. The minimum atomic E-state index is -0.799. The minimum Gasteiger partial charge on any atom is -0.472 e. The van der Waals surface area contributed by atoms with Gasteiger partial charge in [-0.25, -0.2) is 0 Å². The number of methoxy groups -OCH3 is 3. The predicted octanol–water partition coefficient (Wildman–Crippen LogP) is 5.50. The maximum absolute atomic E-state index is 12.2. The molecule has 0 aliphatic heterocycles. The van der Waals surface area contributed by atoms with Crippen molar-refractivity contribution in [3.63, 3.8) is 0 Å². The van der Waals surface area contributed by atoms with Crippen molar-refractivity contribution in [1.82, 2.24) is 0 Å². The first-order valence-corrected chi connectivity index (χ1v) is 13.3. The number of allylic oxidation sites excluding steroid dienone is 2. The summed E-state index contributed by atoms with van der Waals surface area (Å²) in [7, 11) is 4.37. The number of hydrogen-bond acceptors (Lipinski definition) is 6. The topological polar surface area (TPSA) is 71.1 Å². The number of carbonyl (C=O) groups is 2. The fourth-order valence-electron chi connectivity index (χ4n) is 8.65. The lowest BCUT2D eigenvalue weighted by Crippen LogP contribution is -2.52. The highest BCUT2D eigenvalue weighted by Crippen LogP contribution is 2.67. The van der Waals surface area contributed by atoms with Crippen molar-refractivity contribution >= 4 is 11.9 Å². The first kappa shape index (κ1) is 25.5. The van der Waals surface area contributed by atoms with Crippen LogP contribution in [0, 0.1) is 46.3 Å². The summed E-state index contributed by atoms with van der Waals surface area (Å²) in [4.78, 5) is 24.3. The third-order valence-corrected chi connectivity index (χ3v) is 10.6. The van der Waals surface area contributed by atoms with Crippen LogP contribution in [-0.4, -0.2) is 40.1 Å². The highest BCUT2D eigenvalue weighted by Gasteiger charge is 2.59. The van der Waals surface area contributed by atoms with E-state index >= 15 is 0 Å². The molecule has 3 fully saturated rings. The Bertz CT molecular complexity index is 776. The number of carbonyl (C=O) groups excluding carboxylic acids is 2. The molecule has 0 saturated heterocycles. The van der Waals surface area contributed by atoms with Gasteiger partial charge in [0, 0.05) is 13.5 Å². The molecule has 4 aliphatic carbocycles. The Morgan fingerprint density at radius 3 is 2.32 bits per heavy atom. The van der Waals surface area contributed by atoms with Crippen molar-refractivity contribution in [3.05, 3.63) is 11.8 Å². The fourth-order valence-corrected chi connectivity index (χ4v) is 8.65. The number of rotatable bonds is 8. The maximum Gasteiger partial charge on any atom is 0.320 e. The molecule has 0 aromatic rings. The van der Waals surface area contributed by atoms with Crippen LogP contribution in [-0.2, 0) is 28.5 Å². The number of esters is 2. The molecular formula is C28H44O6. The maximum atomic E-state index is 12.2. The molecule has 6 nitrogen and oxygen atoms in total. The molecule has 3 saturated carbocycles. The largest absolute Gasteiger partial charge is 0.472 e. The first-order valence-electron chi connectivity index (χ1n) is 13.3. The van der Waals surface area contributed by atoms with Crippen LogP contribution in [0.2, 0.25) is 0 Å². The predicted molar refractivity (Wildman–Crippen MR) is 128 cm³/mol. The van der Waals surface area contributed by atoms with Crippen LogP contribution in [0.3, 0.4) is 0 Å². The molecule has 7 atom stereocenters. The van der Waals surface area contributed by atoms with E-state index in [0.29, 0.717) is 35.9 Å². The molecule has 0 bridgehead atoms. The van der Waals surface area contributed by atoms with E-state index in [1.54, 1.807) is 7.11 Å². The van der Waals surface area contributed by atoms with Crippen LogP contribution in [0.25, 0.3) is 0 Å². The zero-order valence-corrected chi connectivity index (χ0v) is 21.8. The molecule has 0 radical (unpaired) electrons. The second-order valence-corrected chi connectivity index (χ2v) is 11.7. The Morgan fingerprint density at radius 1 is 0.941 bits per heavy atom. The summed E-state index contributed by atoms with van der Waals surface area (Å²) in [6, 6.07) is 0. The van der Waals surface area contributed by atoms with Crippen molar-refractivity contribution < 1.29 is 28.5 Å². The Hall–Kier alpha value is -1.56. The lowest BCUT2D eigenvalue weighted by atomic mass is 9.45. The Kier molecular flexibility index (Phi) is 7.66. The van der Waals surface area contributed by atoms with Crippen molar-refractivity contribution in [3.8, 4) is 0 Å². The van der Waals surface area contributed by atoms with E-state index in [9.17, 15) is 9.59 Å². The smallest absolute Gasteiger partial charge is 0.320 e. The van der Waals surface area contributed by atoms with Crippen molar-refractivity contribution in [1.29, 1.82) is 0 Å². The van der Waals surface area contributed by atoms with Crippen molar-refractivity contribution in [2.45, 2.75) is 78.1 Å². The van der Waals surface area contributed by atoms with Gasteiger partial charge in [-0.05, 0) is 104 Å². The monoisotopic (exact) mass is 476 g/mol. The summed E-state index contributed by atoms with van der Waals surface area (Å²) < 4.78 is 20.7. The zero-order valence-electron chi connectivity index (χ0n) is 21.8. The van der Waals surface area contributed by atoms with Gasteiger partial charge in [0.2, 0.25) is 0 Å². The molecular weight excluding hydrogens is 432 g/mol. The van der Waals surface area contributed by atoms with Crippen LogP contribution < -0.4 is 0 Å². The molecule has 0 amide bonds. The van der Waals surface area contributed by atoms with Gasteiger partial charge in [0.05, 0.1) is 20.0 Å². The summed E-state index contributed by atoms with van der Waals surface area (Å²) >= 11 is 0. The summed E-state index contributed by atoms with van der Waals surface area (Å²) in [5, 5.41) is 0. The molecule has 4 aliphatic rings. The highest BCUT2D eigenvalue weighted by atomic mass is 16.7. The van der Waals surface area contributed by atoms with Crippen LogP contribution >= 0.6 is 0 Å². The molecule has 0 heterocycles. The average Bonchev–Trinajstić information content (AvgIpc) is 3.18. The second kappa shape index (κ2) is 10.2. The second-order valence-electron chi connectivity index (χ2n) is 11.7. The molecule has 1 unspecified atom stereocenters. The quantitative estimate of drug-likeness (QED) is 0.262. The zero-order chi connectivity index (χ0) is 24.5. The van der Waals surface area contributed by atoms with Gasteiger partial charge < -0.3 is 18.9 Å². The third kappa shape index (κ3) is 4.40. The third-order valence-electron chi connectivity index (χ3n) is 10.6. The van der Waals surface area contributed by atoms with E-state index in [1.165, 1.54) is 59.2 Å².